The van der Waals surface area contributed by atoms with Crippen LogP contribution in [-0.2, 0) is 13.1 Å². The molecule has 6 nitrogen and oxygen atoms in total. The van der Waals surface area contributed by atoms with Gasteiger partial charge >= 0.3 is 0 Å². The van der Waals surface area contributed by atoms with Crippen LogP contribution in [0.25, 0.3) is 0 Å². The molecule has 0 saturated carbocycles. The molecule has 2 aromatic rings. The molecule has 126 valence electrons. The predicted molar refractivity (Wildman–Crippen MR) is 91.7 cm³/mol. The van der Waals surface area contributed by atoms with Crippen LogP contribution >= 0.6 is 0 Å². The lowest BCUT2D eigenvalue weighted by Crippen LogP contribution is -2.30. The fourth-order valence-corrected chi connectivity index (χ4v) is 2.21. The maximum absolute atomic E-state index is 9.78. The average molecular weight is 318 g/mol. The maximum Gasteiger partial charge on any atom is 0.119 e. The van der Waals surface area contributed by atoms with Crippen molar-refractivity contribution in [2.75, 3.05) is 32.6 Å². The Bertz CT molecular complexity index is 581. The Kier molecular flexibility index (Phi) is 6.43. The lowest BCUT2D eigenvalue weighted by Gasteiger charge is -2.16. The lowest BCUT2D eigenvalue weighted by molar-refractivity contribution is 0.0831. The molecule has 0 fully saturated rings. The number of nitrogens with one attached hydrogen (secondary N) is 1. The molecular weight excluding hydrogens is 292 g/mol. The fourth-order valence-electron chi connectivity index (χ4n) is 2.21. The van der Waals surface area contributed by atoms with E-state index in [-0.39, 0.29) is 0 Å². The van der Waals surface area contributed by atoms with Gasteiger partial charge in [0.2, 0.25) is 0 Å². The van der Waals surface area contributed by atoms with E-state index in [1.165, 1.54) is 0 Å². The summed E-state index contributed by atoms with van der Waals surface area (Å²) in [5.74, 6) is 0.757. The summed E-state index contributed by atoms with van der Waals surface area (Å²) < 4.78 is 7.50. The van der Waals surface area contributed by atoms with Gasteiger partial charge in [-0.05, 0) is 45.3 Å². The number of aliphatic hydroxyl groups excluding tert-OH is 1. The van der Waals surface area contributed by atoms with Crippen LogP contribution in [0.2, 0.25) is 0 Å². The Balaban J connectivity index is 1.77. The first-order valence-corrected chi connectivity index (χ1v) is 7.87. The average Bonchev–Trinajstić information content (AvgIpc) is 2.99. The highest BCUT2D eigenvalue weighted by Gasteiger charge is 2.06. The molecule has 1 aromatic heterocycles. The van der Waals surface area contributed by atoms with Crippen molar-refractivity contribution in [1.29, 1.82) is 0 Å². The minimum Gasteiger partial charge on any atom is -0.491 e. The first-order chi connectivity index (χ1) is 11.1. The highest BCUT2D eigenvalue weighted by atomic mass is 16.5. The Morgan fingerprint density at radius 2 is 2.04 bits per heavy atom. The van der Waals surface area contributed by atoms with Gasteiger partial charge in [0.05, 0.1) is 6.20 Å². The molecule has 0 radical (unpaired) electrons. The van der Waals surface area contributed by atoms with Crippen molar-refractivity contribution in [3.05, 3.63) is 42.2 Å². The van der Waals surface area contributed by atoms with Crippen LogP contribution in [0, 0.1) is 0 Å². The highest BCUT2D eigenvalue weighted by molar-refractivity contribution is 5.46. The van der Waals surface area contributed by atoms with E-state index in [1.54, 1.807) is 0 Å². The summed E-state index contributed by atoms with van der Waals surface area (Å²) in [6.07, 6.45) is 3.43. The molecule has 1 aromatic carbocycles. The second-order valence-corrected chi connectivity index (χ2v) is 5.81. The summed E-state index contributed by atoms with van der Waals surface area (Å²) in [4.78, 5) is 1.93. The minimum atomic E-state index is -0.488. The first kappa shape index (κ1) is 17.3. The lowest BCUT2D eigenvalue weighted by atomic mass is 10.3. The molecule has 2 rings (SSSR count). The third kappa shape index (κ3) is 5.92. The number of benzene rings is 1. The van der Waals surface area contributed by atoms with Crippen LogP contribution in [0.15, 0.2) is 36.7 Å². The van der Waals surface area contributed by atoms with Crippen LogP contribution in [0.5, 0.6) is 5.75 Å². The second kappa shape index (κ2) is 8.55. The number of likely N-dealkylation sites (N-methyl/N-ethyl adjacent to an activating group) is 1. The maximum atomic E-state index is 9.78. The number of hydrogen-bond acceptors (Lipinski definition) is 5. The Morgan fingerprint density at radius 1 is 1.30 bits per heavy atom. The molecule has 0 spiro atoms. The van der Waals surface area contributed by atoms with Crippen molar-refractivity contribution in [2.24, 2.45) is 0 Å². The van der Waals surface area contributed by atoms with Gasteiger partial charge in [-0.3, -0.25) is 4.68 Å². The SMILES string of the molecule is CCn1cc(CNc2ccc(OCC(O)CN(C)C)cc2)cn1. The number of hydrogen-bond donors (Lipinski definition) is 2. The van der Waals surface area contributed by atoms with Crippen molar-refractivity contribution in [1.82, 2.24) is 14.7 Å². The van der Waals surface area contributed by atoms with E-state index in [1.807, 2.05) is 60.3 Å². The van der Waals surface area contributed by atoms with Crippen LogP contribution < -0.4 is 10.1 Å². The smallest absolute Gasteiger partial charge is 0.119 e. The van der Waals surface area contributed by atoms with Crippen LogP contribution in [0.3, 0.4) is 0 Å². The quantitative estimate of drug-likeness (QED) is 0.738. The Labute approximate surface area is 137 Å². The molecule has 0 aliphatic rings. The van der Waals surface area contributed by atoms with Gasteiger partial charge in [0.1, 0.15) is 18.5 Å². The zero-order chi connectivity index (χ0) is 16.7. The summed E-state index contributed by atoms with van der Waals surface area (Å²) in [5.41, 5.74) is 2.18. The number of ether oxygens (including phenoxy) is 1. The molecule has 6 heteroatoms. The van der Waals surface area contributed by atoms with Gasteiger partial charge in [-0.15, -0.1) is 0 Å². The molecule has 0 aliphatic heterocycles. The van der Waals surface area contributed by atoms with E-state index in [4.69, 9.17) is 4.74 Å². The number of nitrogens with zero attached hydrogens (tertiary/aromatic N) is 3. The topological polar surface area (TPSA) is 62.6 Å². The Hall–Kier alpha value is -2.05. The molecule has 2 N–H and O–H groups in total. The first-order valence-electron chi connectivity index (χ1n) is 7.87. The predicted octanol–water partition coefficient (Wildman–Crippen LogP) is 1.82. The second-order valence-electron chi connectivity index (χ2n) is 5.81. The van der Waals surface area contributed by atoms with Crippen molar-refractivity contribution >= 4 is 5.69 Å². The van der Waals surface area contributed by atoms with Crippen molar-refractivity contribution in [2.45, 2.75) is 26.1 Å². The van der Waals surface area contributed by atoms with Crippen LogP contribution in [0.4, 0.5) is 5.69 Å². The monoisotopic (exact) mass is 318 g/mol. The fraction of sp³-hybridized carbons (Fsp3) is 0.471. The Morgan fingerprint density at radius 3 is 2.65 bits per heavy atom. The normalized spacial score (nSPS) is 12.4. The molecule has 1 atom stereocenters. The molecular formula is C17H26N4O2. The van der Waals surface area contributed by atoms with E-state index >= 15 is 0 Å². The molecule has 23 heavy (non-hydrogen) atoms. The van der Waals surface area contributed by atoms with Crippen LogP contribution in [-0.4, -0.2) is 53.1 Å². The molecule has 0 aliphatic carbocycles. The van der Waals surface area contributed by atoms with Gasteiger partial charge in [-0.1, -0.05) is 0 Å². The largest absolute Gasteiger partial charge is 0.491 e. The minimum absolute atomic E-state index is 0.293. The van der Waals surface area contributed by atoms with Crippen LogP contribution in [0.1, 0.15) is 12.5 Å². The number of aryl methyl sites for hydroxylation is 1. The molecule has 0 amide bonds. The number of aliphatic hydroxyl groups is 1. The zero-order valence-electron chi connectivity index (χ0n) is 14.1. The number of rotatable bonds is 9. The molecule has 0 bridgehead atoms. The van der Waals surface area contributed by atoms with Crippen molar-refractivity contribution in [3.63, 3.8) is 0 Å². The summed E-state index contributed by atoms with van der Waals surface area (Å²) in [6.45, 7) is 4.57. The van der Waals surface area contributed by atoms with Gasteiger partial charge in [-0.25, -0.2) is 0 Å². The molecule has 1 heterocycles. The molecule has 0 saturated heterocycles. The van der Waals surface area contributed by atoms with Gasteiger partial charge in [-0.2, -0.15) is 5.10 Å². The van der Waals surface area contributed by atoms with Gasteiger partial charge in [0.25, 0.3) is 0 Å². The standard InChI is InChI=1S/C17H26N4O2/c1-4-21-11-14(10-19-21)9-18-15-5-7-17(8-6-15)23-13-16(22)12-20(2)3/h5-8,10-11,16,18,22H,4,9,12-13H2,1-3H3. The van der Waals surface area contributed by atoms with Gasteiger partial charge in [0, 0.05) is 37.1 Å². The third-order valence-corrected chi connectivity index (χ3v) is 3.38. The van der Waals surface area contributed by atoms with E-state index < -0.39 is 6.10 Å². The van der Waals surface area contributed by atoms with E-state index in [0.29, 0.717) is 13.2 Å². The molecule has 1 unspecified atom stereocenters. The summed E-state index contributed by atoms with van der Waals surface area (Å²) >= 11 is 0. The van der Waals surface area contributed by atoms with E-state index in [0.717, 1.165) is 30.1 Å². The van der Waals surface area contributed by atoms with Gasteiger partial charge in [0.15, 0.2) is 0 Å². The summed E-state index contributed by atoms with van der Waals surface area (Å²) in [5, 5.41) is 17.4. The third-order valence-electron chi connectivity index (χ3n) is 3.38. The summed E-state index contributed by atoms with van der Waals surface area (Å²) in [6, 6.07) is 7.75. The highest BCUT2D eigenvalue weighted by Crippen LogP contribution is 2.16. The van der Waals surface area contributed by atoms with Crippen molar-refractivity contribution < 1.29 is 9.84 Å². The summed E-state index contributed by atoms with van der Waals surface area (Å²) in [7, 11) is 3.85. The number of anilines is 1. The van der Waals surface area contributed by atoms with Crippen molar-refractivity contribution in [3.8, 4) is 5.75 Å². The van der Waals surface area contributed by atoms with Gasteiger partial charge < -0.3 is 20.1 Å². The number of aromatic nitrogens is 2. The van der Waals surface area contributed by atoms with E-state index in [2.05, 4.69) is 17.3 Å². The zero-order valence-corrected chi connectivity index (χ0v) is 14.1. The van der Waals surface area contributed by atoms with E-state index in [9.17, 15) is 5.11 Å².